The summed E-state index contributed by atoms with van der Waals surface area (Å²) in [5.74, 6) is -4.35. The van der Waals surface area contributed by atoms with Gasteiger partial charge < -0.3 is 15.0 Å². The number of fused-ring (bicyclic) bond motifs is 1. The minimum absolute atomic E-state index is 0.280. The van der Waals surface area contributed by atoms with Crippen LogP contribution in [0, 0.1) is 0 Å². The maximum atomic E-state index is 13.4. The molecule has 1 atom stereocenters. The van der Waals surface area contributed by atoms with Crippen molar-refractivity contribution in [1.82, 2.24) is 4.57 Å². The maximum Gasteiger partial charge on any atom is 0.397 e. The van der Waals surface area contributed by atoms with Crippen LogP contribution >= 0.6 is 15.9 Å². The number of nitrogens with one attached hydrogen (secondary N) is 1. The number of anilines is 1. The number of benzene rings is 1. The van der Waals surface area contributed by atoms with E-state index in [-0.39, 0.29) is 16.9 Å². The second kappa shape index (κ2) is 5.66. The van der Waals surface area contributed by atoms with Crippen molar-refractivity contribution < 1.29 is 27.9 Å². The third kappa shape index (κ3) is 2.79. The minimum atomic E-state index is -4.68. The number of carbonyl (C=O) groups excluding carboxylic acids is 1. The fraction of sp³-hybridized carbons (Fsp3) is 0.200. The molecule has 1 amide bonds. The van der Waals surface area contributed by atoms with E-state index in [0.29, 0.717) is 10.2 Å². The van der Waals surface area contributed by atoms with Crippen molar-refractivity contribution in [1.29, 1.82) is 0 Å². The molecule has 1 aromatic heterocycles. The number of amides is 1. The van der Waals surface area contributed by atoms with Crippen LogP contribution in [0.1, 0.15) is 28.4 Å². The number of rotatable bonds is 2. The Morgan fingerprint density at radius 2 is 2.08 bits per heavy atom. The molecule has 0 saturated heterocycles. The molecular formula is C15H10BrF3N2O3. The molecule has 3 rings (SSSR count). The second-order valence-electron chi connectivity index (χ2n) is 5.30. The van der Waals surface area contributed by atoms with Gasteiger partial charge >= 0.3 is 12.1 Å². The van der Waals surface area contributed by atoms with Crippen LogP contribution in [-0.2, 0) is 4.79 Å². The number of halogens is 4. The lowest BCUT2D eigenvalue weighted by molar-refractivity contribution is -0.157. The molecule has 1 aromatic carbocycles. The lowest BCUT2D eigenvalue weighted by atomic mass is 9.94. The molecule has 0 fully saturated rings. The highest BCUT2D eigenvalue weighted by Gasteiger charge is 2.48. The summed E-state index contributed by atoms with van der Waals surface area (Å²) in [4.78, 5) is 23.0. The first-order valence-electron chi connectivity index (χ1n) is 6.79. The van der Waals surface area contributed by atoms with Gasteiger partial charge in [-0.05, 0) is 18.2 Å². The van der Waals surface area contributed by atoms with Gasteiger partial charge in [-0.25, -0.2) is 4.79 Å². The number of carboxylic acid groups (broad SMARTS) is 1. The van der Waals surface area contributed by atoms with Crippen molar-refractivity contribution >= 4 is 33.5 Å². The zero-order valence-electron chi connectivity index (χ0n) is 11.9. The van der Waals surface area contributed by atoms with Gasteiger partial charge in [0.2, 0.25) is 5.91 Å². The van der Waals surface area contributed by atoms with E-state index >= 15 is 0 Å². The SMILES string of the molecule is O=C1C[C@H](C(F)(F)F)c2c(c(C(=O)O)cn2-c2cccc(Br)c2)N1. The van der Waals surface area contributed by atoms with Gasteiger partial charge in [0.1, 0.15) is 11.5 Å². The average Bonchev–Trinajstić information content (AvgIpc) is 2.84. The van der Waals surface area contributed by atoms with Crippen LogP contribution in [0.2, 0.25) is 0 Å². The molecule has 126 valence electrons. The van der Waals surface area contributed by atoms with E-state index < -0.39 is 30.4 Å². The summed E-state index contributed by atoms with van der Waals surface area (Å²) in [6.45, 7) is 0. The predicted molar refractivity (Wildman–Crippen MR) is 82.5 cm³/mol. The quantitative estimate of drug-likeness (QED) is 0.799. The van der Waals surface area contributed by atoms with Gasteiger partial charge in [0.05, 0.1) is 11.4 Å². The number of aromatic carboxylic acids is 1. The zero-order valence-corrected chi connectivity index (χ0v) is 13.5. The van der Waals surface area contributed by atoms with Crippen LogP contribution in [0.5, 0.6) is 0 Å². The first-order chi connectivity index (χ1) is 11.2. The Morgan fingerprint density at radius 3 is 2.67 bits per heavy atom. The fourth-order valence-corrected chi connectivity index (χ4v) is 3.13. The van der Waals surface area contributed by atoms with E-state index in [1.165, 1.54) is 4.57 Å². The molecule has 24 heavy (non-hydrogen) atoms. The van der Waals surface area contributed by atoms with Gasteiger partial charge in [0.15, 0.2) is 0 Å². The molecule has 2 N–H and O–H groups in total. The maximum absolute atomic E-state index is 13.4. The highest BCUT2D eigenvalue weighted by atomic mass is 79.9. The van der Waals surface area contributed by atoms with E-state index in [2.05, 4.69) is 21.2 Å². The standard InChI is InChI=1S/C15H10BrF3N2O3/c16-7-2-1-3-8(4-7)21-6-9(14(23)24)12-13(21)10(15(17,18)19)5-11(22)20-12/h1-4,6,10H,5H2,(H,20,22)(H,23,24)/t10-/m0/s1. The van der Waals surface area contributed by atoms with Crippen LogP contribution in [0.15, 0.2) is 34.9 Å². The number of alkyl halides is 3. The molecule has 9 heteroatoms. The number of hydrogen-bond donors (Lipinski definition) is 2. The Hall–Kier alpha value is -2.29. The van der Waals surface area contributed by atoms with E-state index in [9.17, 15) is 27.9 Å². The molecule has 0 unspecified atom stereocenters. The Morgan fingerprint density at radius 1 is 1.38 bits per heavy atom. The molecule has 0 aliphatic carbocycles. The molecule has 5 nitrogen and oxygen atoms in total. The van der Waals surface area contributed by atoms with Crippen molar-refractivity contribution in [2.45, 2.75) is 18.5 Å². The monoisotopic (exact) mass is 402 g/mol. The van der Waals surface area contributed by atoms with Gasteiger partial charge in [-0.1, -0.05) is 22.0 Å². The molecule has 0 saturated carbocycles. The van der Waals surface area contributed by atoms with E-state index in [1.807, 2.05) is 0 Å². The summed E-state index contributed by atoms with van der Waals surface area (Å²) >= 11 is 3.23. The summed E-state index contributed by atoms with van der Waals surface area (Å²) in [7, 11) is 0. The highest BCUT2D eigenvalue weighted by molar-refractivity contribution is 9.10. The third-order valence-corrected chi connectivity index (χ3v) is 4.23. The average molecular weight is 403 g/mol. The highest BCUT2D eigenvalue weighted by Crippen LogP contribution is 2.46. The fourth-order valence-electron chi connectivity index (χ4n) is 2.74. The number of carbonyl (C=O) groups is 2. The molecule has 0 radical (unpaired) electrons. The van der Waals surface area contributed by atoms with Crippen LogP contribution in [0.4, 0.5) is 18.9 Å². The van der Waals surface area contributed by atoms with Crippen LogP contribution in [0.3, 0.4) is 0 Å². The van der Waals surface area contributed by atoms with Crippen molar-refractivity contribution in [2.24, 2.45) is 0 Å². The summed E-state index contributed by atoms with van der Waals surface area (Å²) < 4.78 is 42.1. The van der Waals surface area contributed by atoms with E-state index in [1.54, 1.807) is 24.3 Å². The molecule has 2 aromatic rings. The van der Waals surface area contributed by atoms with Gasteiger partial charge in [0.25, 0.3) is 0 Å². The van der Waals surface area contributed by atoms with Crippen molar-refractivity contribution in [3.05, 3.63) is 46.2 Å². The number of aromatic nitrogens is 1. The molecule has 1 aliphatic rings. The summed E-state index contributed by atoms with van der Waals surface area (Å²) in [6, 6.07) is 6.44. The summed E-state index contributed by atoms with van der Waals surface area (Å²) in [5.41, 5.74) is -0.607. The lowest BCUT2D eigenvalue weighted by Crippen LogP contribution is -2.33. The Kier molecular flexibility index (Phi) is 3.90. The molecule has 0 bridgehead atoms. The van der Waals surface area contributed by atoms with E-state index in [4.69, 9.17) is 0 Å². The van der Waals surface area contributed by atoms with Crippen LogP contribution in [-0.4, -0.2) is 27.7 Å². The Balaban J connectivity index is 2.30. The topological polar surface area (TPSA) is 71.3 Å². The smallest absolute Gasteiger partial charge is 0.397 e. The Labute approximate surface area is 142 Å². The van der Waals surface area contributed by atoms with Crippen molar-refractivity contribution in [2.75, 3.05) is 5.32 Å². The van der Waals surface area contributed by atoms with E-state index in [0.717, 1.165) is 6.20 Å². The minimum Gasteiger partial charge on any atom is -0.478 e. The second-order valence-corrected chi connectivity index (χ2v) is 6.22. The number of hydrogen-bond acceptors (Lipinski definition) is 2. The predicted octanol–water partition coefficient (Wildman–Crippen LogP) is 3.93. The van der Waals surface area contributed by atoms with Gasteiger partial charge in [-0.3, -0.25) is 4.79 Å². The Bertz CT molecular complexity index is 845. The molecule has 0 spiro atoms. The number of nitrogens with zero attached hydrogens (tertiary/aromatic N) is 1. The molecule has 1 aliphatic heterocycles. The normalized spacial score (nSPS) is 17.3. The first-order valence-corrected chi connectivity index (χ1v) is 7.59. The van der Waals surface area contributed by atoms with Crippen molar-refractivity contribution in [3.63, 3.8) is 0 Å². The third-order valence-electron chi connectivity index (χ3n) is 3.74. The van der Waals surface area contributed by atoms with Crippen molar-refractivity contribution in [3.8, 4) is 5.69 Å². The zero-order chi connectivity index (χ0) is 17.6. The lowest BCUT2D eigenvalue weighted by Gasteiger charge is -2.27. The van der Waals surface area contributed by atoms with Gasteiger partial charge in [-0.15, -0.1) is 0 Å². The summed E-state index contributed by atoms with van der Waals surface area (Å²) in [5, 5.41) is 11.5. The van der Waals surface area contributed by atoms with Crippen LogP contribution in [0.25, 0.3) is 5.69 Å². The van der Waals surface area contributed by atoms with Gasteiger partial charge in [-0.2, -0.15) is 13.2 Å². The van der Waals surface area contributed by atoms with Crippen LogP contribution < -0.4 is 5.32 Å². The molecule has 2 heterocycles. The molecular weight excluding hydrogens is 393 g/mol. The van der Waals surface area contributed by atoms with Gasteiger partial charge in [0, 0.05) is 22.8 Å². The first kappa shape index (κ1) is 16.6. The summed E-state index contributed by atoms with van der Waals surface area (Å²) in [6.07, 6.45) is -4.36. The largest absolute Gasteiger partial charge is 0.478 e. The number of carboxylic acids is 1.